The van der Waals surface area contributed by atoms with Crippen molar-refractivity contribution in [3.8, 4) is 22.3 Å². The van der Waals surface area contributed by atoms with Crippen LogP contribution in [0.4, 0.5) is 17.1 Å². The predicted molar refractivity (Wildman–Crippen MR) is 180 cm³/mol. The highest BCUT2D eigenvalue weighted by molar-refractivity contribution is 7.25. The number of rotatable bonds is 5. The molecule has 6 aromatic carbocycles. The fourth-order valence-corrected chi connectivity index (χ4v) is 6.91. The number of hydrogen-bond donors (Lipinski definition) is 0. The van der Waals surface area contributed by atoms with Crippen molar-refractivity contribution in [2.24, 2.45) is 0 Å². The zero-order chi connectivity index (χ0) is 27.9. The number of benzene rings is 6. The van der Waals surface area contributed by atoms with Crippen molar-refractivity contribution in [3.05, 3.63) is 158 Å². The molecular weight excluding hydrogens is 529 g/mol. The molecule has 3 heteroatoms. The zero-order valence-electron chi connectivity index (χ0n) is 22.8. The minimum absolute atomic E-state index is 1.12. The maximum Gasteiger partial charge on any atom is 0.0476 e. The van der Waals surface area contributed by atoms with Gasteiger partial charge < -0.3 is 4.90 Å². The van der Waals surface area contributed by atoms with E-state index in [1.165, 1.54) is 53.2 Å². The van der Waals surface area contributed by atoms with Crippen molar-refractivity contribution in [1.29, 1.82) is 0 Å². The molecule has 0 N–H and O–H groups in total. The SMILES string of the molecule is c1ccc(-c2ccc(N(c3ccc(-c4ccc5ccccc5c4)cc3)c3ccc4c(c3)sc3ccncc34)cc2)cc1. The third kappa shape index (κ3) is 4.41. The third-order valence-electron chi connectivity index (χ3n) is 7.96. The van der Waals surface area contributed by atoms with E-state index in [0.29, 0.717) is 0 Å². The summed E-state index contributed by atoms with van der Waals surface area (Å²) >= 11 is 1.82. The van der Waals surface area contributed by atoms with Gasteiger partial charge in [-0.05, 0) is 81.6 Å². The van der Waals surface area contributed by atoms with E-state index in [4.69, 9.17) is 0 Å². The standard InChI is InChI=1S/C39H26N2S/c1-2-6-27(7-3-1)29-12-16-33(17-13-29)41(35-20-21-36-37-26-40-23-22-38(37)42-39(36)25-35)34-18-14-30(15-19-34)32-11-10-28-8-4-5-9-31(28)24-32/h1-26H. The normalized spacial score (nSPS) is 11.3. The van der Waals surface area contributed by atoms with Crippen LogP contribution in [0.2, 0.25) is 0 Å². The monoisotopic (exact) mass is 554 g/mol. The molecule has 8 aromatic rings. The first kappa shape index (κ1) is 24.5. The molecule has 0 spiro atoms. The summed E-state index contributed by atoms with van der Waals surface area (Å²) in [5.41, 5.74) is 8.22. The first-order valence-electron chi connectivity index (χ1n) is 14.1. The fourth-order valence-electron chi connectivity index (χ4n) is 5.80. The van der Waals surface area contributed by atoms with Crippen LogP contribution in [0.15, 0.2) is 158 Å². The molecule has 2 aromatic heterocycles. The Morgan fingerprint density at radius 3 is 1.81 bits per heavy atom. The second-order valence-corrected chi connectivity index (χ2v) is 11.6. The second-order valence-electron chi connectivity index (χ2n) is 10.5. The summed E-state index contributed by atoms with van der Waals surface area (Å²) in [5, 5.41) is 4.97. The number of pyridine rings is 1. The highest BCUT2D eigenvalue weighted by Crippen LogP contribution is 2.41. The van der Waals surface area contributed by atoms with Gasteiger partial charge in [0.15, 0.2) is 0 Å². The van der Waals surface area contributed by atoms with E-state index in [-0.39, 0.29) is 0 Å². The van der Waals surface area contributed by atoms with Crippen molar-refractivity contribution < 1.29 is 0 Å². The molecule has 0 saturated carbocycles. The van der Waals surface area contributed by atoms with Crippen LogP contribution in [-0.2, 0) is 0 Å². The van der Waals surface area contributed by atoms with Gasteiger partial charge in [0.2, 0.25) is 0 Å². The maximum absolute atomic E-state index is 4.37. The Kier molecular flexibility index (Phi) is 6.02. The lowest BCUT2D eigenvalue weighted by molar-refractivity contribution is 1.29. The third-order valence-corrected chi connectivity index (χ3v) is 9.09. The zero-order valence-corrected chi connectivity index (χ0v) is 23.6. The van der Waals surface area contributed by atoms with Crippen molar-refractivity contribution in [2.45, 2.75) is 0 Å². The predicted octanol–water partition coefficient (Wildman–Crippen LogP) is 11.4. The van der Waals surface area contributed by atoms with Crippen LogP contribution in [0.25, 0.3) is 53.2 Å². The highest BCUT2D eigenvalue weighted by Gasteiger charge is 2.15. The van der Waals surface area contributed by atoms with Crippen LogP contribution in [0, 0.1) is 0 Å². The molecule has 0 atom stereocenters. The highest BCUT2D eigenvalue weighted by atomic mass is 32.1. The van der Waals surface area contributed by atoms with E-state index in [1.54, 1.807) is 0 Å². The second kappa shape index (κ2) is 10.3. The minimum atomic E-state index is 1.12. The van der Waals surface area contributed by atoms with Crippen LogP contribution in [0.5, 0.6) is 0 Å². The Bertz CT molecular complexity index is 2180. The van der Waals surface area contributed by atoms with Crippen LogP contribution in [0.1, 0.15) is 0 Å². The molecule has 0 fully saturated rings. The quantitative estimate of drug-likeness (QED) is 0.210. The lowest BCUT2D eigenvalue weighted by Crippen LogP contribution is -2.09. The Morgan fingerprint density at radius 1 is 0.429 bits per heavy atom. The number of aromatic nitrogens is 1. The summed E-state index contributed by atoms with van der Waals surface area (Å²) in [6.45, 7) is 0. The average Bonchev–Trinajstić information content (AvgIpc) is 3.44. The van der Waals surface area contributed by atoms with E-state index in [2.05, 4.69) is 155 Å². The van der Waals surface area contributed by atoms with Gasteiger partial charge in [-0.15, -0.1) is 11.3 Å². The van der Waals surface area contributed by atoms with Gasteiger partial charge in [-0.2, -0.15) is 0 Å². The van der Waals surface area contributed by atoms with Gasteiger partial charge in [0, 0.05) is 49.6 Å². The first-order chi connectivity index (χ1) is 20.8. The largest absolute Gasteiger partial charge is 0.310 e. The van der Waals surface area contributed by atoms with Crippen molar-refractivity contribution in [1.82, 2.24) is 4.98 Å². The van der Waals surface area contributed by atoms with Gasteiger partial charge in [0.05, 0.1) is 0 Å². The fraction of sp³-hybridized carbons (Fsp3) is 0. The van der Waals surface area contributed by atoms with E-state index in [1.807, 2.05) is 23.7 Å². The summed E-state index contributed by atoms with van der Waals surface area (Å²) in [7, 11) is 0. The molecule has 0 saturated heterocycles. The summed E-state index contributed by atoms with van der Waals surface area (Å²) in [4.78, 5) is 6.72. The Labute approximate surface area is 248 Å². The number of hydrogen-bond acceptors (Lipinski definition) is 3. The van der Waals surface area contributed by atoms with Gasteiger partial charge in [-0.1, -0.05) is 97.1 Å². The van der Waals surface area contributed by atoms with Gasteiger partial charge in [0.25, 0.3) is 0 Å². The molecule has 0 aliphatic heterocycles. The Hall–Kier alpha value is -5.25. The smallest absolute Gasteiger partial charge is 0.0476 e. The van der Waals surface area contributed by atoms with Crippen molar-refractivity contribution in [2.75, 3.05) is 4.90 Å². The molecule has 0 bridgehead atoms. The molecule has 42 heavy (non-hydrogen) atoms. The van der Waals surface area contributed by atoms with E-state index < -0.39 is 0 Å². The molecule has 8 rings (SSSR count). The Balaban J connectivity index is 1.22. The maximum atomic E-state index is 4.37. The van der Waals surface area contributed by atoms with Gasteiger partial charge in [0.1, 0.15) is 0 Å². The summed E-state index contributed by atoms with van der Waals surface area (Å²) in [6.07, 6.45) is 3.84. The lowest BCUT2D eigenvalue weighted by atomic mass is 10.0. The number of nitrogens with zero attached hydrogens (tertiary/aromatic N) is 2. The average molecular weight is 555 g/mol. The van der Waals surface area contributed by atoms with Gasteiger partial charge in [-0.25, -0.2) is 0 Å². The summed E-state index contributed by atoms with van der Waals surface area (Å²) in [6, 6.07) is 52.4. The van der Waals surface area contributed by atoms with Crippen LogP contribution in [0.3, 0.4) is 0 Å². The molecule has 0 radical (unpaired) electrons. The lowest BCUT2D eigenvalue weighted by Gasteiger charge is -2.26. The van der Waals surface area contributed by atoms with E-state index >= 15 is 0 Å². The summed E-state index contributed by atoms with van der Waals surface area (Å²) < 4.78 is 2.52. The topological polar surface area (TPSA) is 16.1 Å². The number of anilines is 3. The molecule has 0 aliphatic carbocycles. The minimum Gasteiger partial charge on any atom is -0.310 e. The van der Waals surface area contributed by atoms with E-state index in [0.717, 1.165) is 17.1 Å². The summed E-state index contributed by atoms with van der Waals surface area (Å²) in [5.74, 6) is 0. The molecule has 0 unspecified atom stereocenters. The number of fused-ring (bicyclic) bond motifs is 4. The van der Waals surface area contributed by atoms with Crippen LogP contribution < -0.4 is 4.90 Å². The van der Waals surface area contributed by atoms with Gasteiger partial charge >= 0.3 is 0 Å². The van der Waals surface area contributed by atoms with E-state index in [9.17, 15) is 0 Å². The first-order valence-corrected chi connectivity index (χ1v) is 14.9. The van der Waals surface area contributed by atoms with Gasteiger partial charge in [-0.3, -0.25) is 4.98 Å². The van der Waals surface area contributed by atoms with Crippen LogP contribution >= 0.6 is 11.3 Å². The van der Waals surface area contributed by atoms with Crippen molar-refractivity contribution in [3.63, 3.8) is 0 Å². The molecule has 0 aliphatic rings. The molecular formula is C39H26N2S. The molecule has 198 valence electrons. The molecule has 2 nitrogen and oxygen atoms in total. The van der Waals surface area contributed by atoms with Crippen molar-refractivity contribution >= 4 is 59.3 Å². The van der Waals surface area contributed by atoms with Crippen LogP contribution in [-0.4, -0.2) is 4.98 Å². The molecule has 2 heterocycles. The molecule has 0 amide bonds. The number of thiophene rings is 1. The Morgan fingerprint density at radius 2 is 1.05 bits per heavy atom.